The second-order valence-corrected chi connectivity index (χ2v) is 8.22. The number of nitrogens with zero attached hydrogens (tertiary/aromatic N) is 2. The number of carbonyl (C=O) groups excluding carboxylic acids is 1. The third-order valence-corrected chi connectivity index (χ3v) is 5.19. The van der Waals surface area contributed by atoms with E-state index in [0.717, 1.165) is 21.9 Å². The smallest absolute Gasteiger partial charge is 0.260 e. The number of halogens is 1. The second kappa shape index (κ2) is 9.57. The third-order valence-electron chi connectivity index (χ3n) is 3.74. The lowest BCUT2D eigenvalue weighted by Crippen LogP contribution is -2.39. The van der Waals surface area contributed by atoms with E-state index in [1.54, 1.807) is 25.1 Å². The zero-order valence-electron chi connectivity index (χ0n) is 15.8. The van der Waals surface area contributed by atoms with Crippen molar-refractivity contribution in [3.8, 4) is 5.75 Å². The number of benzene rings is 2. The van der Waals surface area contributed by atoms with E-state index in [-0.39, 0.29) is 10.7 Å². The monoisotopic (exact) mass is 423 g/mol. The molecule has 7 nitrogen and oxygen atoms in total. The Morgan fingerprint density at radius 1 is 1.18 bits per heavy atom. The van der Waals surface area contributed by atoms with Crippen LogP contribution in [0.2, 0.25) is 5.02 Å². The van der Waals surface area contributed by atoms with E-state index in [4.69, 9.17) is 16.3 Å². The van der Waals surface area contributed by atoms with E-state index in [1.807, 2.05) is 31.2 Å². The molecule has 0 spiro atoms. The van der Waals surface area contributed by atoms with Crippen molar-refractivity contribution >= 4 is 38.9 Å². The first-order valence-electron chi connectivity index (χ1n) is 8.51. The first-order valence-corrected chi connectivity index (χ1v) is 10.7. The number of nitrogens with one attached hydrogen (secondary N) is 1. The zero-order chi connectivity index (χ0) is 20.7. The third kappa shape index (κ3) is 5.97. The molecular weight excluding hydrogens is 402 g/mol. The van der Waals surface area contributed by atoms with Gasteiger partial charge in [-0.2, -0.15) is 5.10 Å². The Balaban J connectivity index is 2.10. The fourth-order valence-electron chi connectivity index (χ4n) is 2.37. The lowest BCUT2D eigenvalue weighted by Gasteiger charge is -2.22. The van der Waals surface area contributed by atoms with Gasteiger partial charge in [-0.05, 0) is 55.8 Å². The summed E-state index contributed by atoms with van der Waals surface area (Å²) in [6, 6.07) is 13.7. The van der Waals surface area contributed by atoms with E-state index in [0.29, 0.717) is 12.3 Å². The maximum atomic E-state index is 12.3. The minimum atomic E-state index is -3.71. The van der Waals surface area contributed by atoms with Crippen LogP contribution in [0.4, 0.5) is 5.69 Å². The van der Waals surface area contributed by atoms with Gasteiger partial charge in [0.15, 0.2) is 0 Å². The van der Waals surface area contributed by atoms with Crippen LogP contribution in [0.25, 0.3) is 0 Å². The highest BCUT2D eigenvalue weighted by atomic mass is 35.5. The lowest BCUT2D eigenvalue weighted by atomic mass is 10.1. The standard InChI is InChI=1S/C19H22ClN3O4S/c1-4-27-16-11-9-15(10-12-16)14(2)21-22-19(24)13-23(28(3,25)26)18-8-6-5-7-17(18)20/h5-12H,4,13H2,1-3H3,(H,22,24)/b21-14-. The van der Waals surface area contributed by atoms with Gasteiger partial charge in [0.25, 0.3) is 5.91 Å². The quantitative estimate of drug-likeness (QED) is 0.522. The molecule has 0 heterocycles. The summed E-state index contributed by atoms with van der Waals surface area (Å²) in [5.74, 6) is 0.155. The van der Waals surface area contributed by atoms with Crippen molar-refractivity contribution < 1.29 is 17.9 Å². The Morgan fingerprint density at radius 3 is 2.39 bits per heavy atom. The molecule has 0 aliphatic carbocycles. The first kappa shape index (κ1) is 21.7. The van der Waals surface area contributed by atoms with Gasteiger partial charge in [0.2, 0.25) is 10.0 Å². The van der Waals surface area contributed by atoms with Crippen LogP contribution in [-0.4, -0.2) is 39.4 Å². The molecule has 2 aromatic rings. The van der Waals surface area contributed by atoms with Crippen molar-refractivity contribution in [3.63, 3.8) is 0 Å². The summed E-state index contributed by atoms with van der Waals surface area (Å²) in [7, 11) is -3.71. The predicted octanol–water partition coefficient (Wildman–Crippen LogP) is 3.05. The van der Waals surface area contributed by atoms with Crippen LogP contribution in [0.1, 0.15) is 19.4 Å². The number of ether oxygens (including phenoxy) is 1. The van der Waals surface area contributed by atoms with Crippen LogP contribution < -0.4 is 14.5 Å². The van der Waals surface area contributed by atoms with Crippen LogP contribution in [0, 0.1) is 0 Å². The van der Waals surface area contributed by atoms with Crippen molar-refractivity contribution in [3.05, 3.63) is 59.1 Å². The summed E-state index contributed by atoms with van der Waals surface area (Å²) < 4.78 is 30.5. The topological polar surface area (TPSA) is 88.1 Å². The highest BCUT2D eigenvalue weighted by Crippen LogP contribution is 2.26. The summed E-state index contributed by atoms with van der Waals surface area (Å²) in [5, 5.41) is 4.27. The minimum absolute atomic E-state index is 0.231. The molecule has 0 saturated heterocycles. The molecule has 2 aromatic carbocycles. The van der Waals surface area contributed by atoms with Crippen LogP contribution in [-0.2, 0) is 14.8 Å². The first-order chi connectivity index (χ1) is 13.2. The minimum Gasteiger partial charge on any atom is -0.494 e. The molecule has 9 heteroatoms. The Morgan fingerprint density at radius 2 is 1.82 bits per heavy atom. The molecule has 1 N–H and O–H groups in total. The van der Waals surface area contributed by atoms with Gasteiger partial charge >= 0.3 is 0 Å². The number of carbonyl (C=O) groups is 1. The number of anilines is 1. The van der Waals surface area contributed by atoms with Crippen LogP contribution in [0.5, 0.6) is 5.75 Å². The SMILES string of the molecule is CCOc1ccc(/C(C)=N\NC(=O)CN(c2ccccc2Cl)S(C)(=O)=O)cc1. The lowest BCUT2D eigenvalue weighted by molar-refractivity contribution is -0.119. The highest BCUT2D eigenvalue weighted by molar-refractivity contribution is 7.92. The Bertz CT molecular complexity index is 959. The number of hydrogen-bond acceptors (Lipinski definition) is 5. The van der Waals surface area contributed by atoms with Crippen molar-refractivity contribution in [2.24, 2.45) is 5.10 Å². The molecule has 2 rings (SSSR count). The summed E-state index contributed by atoms with van der Waals surface area (Å²) in [5.41, 5.74) is 3.98. The van der Waals surface area contributed by atoms with E-state index in [9.17, 15) is 13.2 Å². The molecule has 0 radical (unpaired) electrons. The van der Waals surface area contributed by atoms with Crippen molar-refractivity contribution in [2.75, 3.05) is 23.7 Å². The largest absolute Gasteiger partial charge is 0.494 e. The molecule has 0 aliphatic rings. The molecule has 1 amide bonds. The molecule has 0 aromatic heterocycles. The second-order valence-electron chi connectivity index (χ2n) is 5.91. The van der Waals surface area contributed by atoms with Crippen LogP contribution in [0.3, 0.4) is 0 Å². The molecule has 0 saturated carbocycles. The number of para-hydroxylation sites is 1. The number of amides is 1. The van der Waals surface area contributed by atoms with E-state index in [1.165, 1.54) is 6.07 Å². The predicted molar refractivity (Wildman–Crippen MR) is 112 cm³/mol. The molecule has 0 bridgehead atoms. The Hall–Kier alpha value is -2.58. The summed E-state index contributed by atoms with van der Waals surface area (Å²) in [6.07, 6.45) is 1.01. The molecular formula is C19H22ClN3O4S. The fraction of sp³-hybridized carbons (Fsp3) is 0.263. The molecule has 150 valence electrons. The van der Waals surface area contributed by atoms with Gasteiger partial charge in [0.05, 0.1) is 29.3 Å². The maximum Gasteiger partial charge on any atom is 0.260 e. The highest BCUT2D eigenvalue weighted by Gasteiger charge is 2.22. The molecule has 0 aliphatic heterocycles. The Labute approximate surface area is 170 Å². The zero-order valence-corrected chi connectivity index (χ0v) is 17.4. The van der Waals surface area contributed by atoms with Gasteiger partial charge in [-0.1, -0.05) is 23.7 Å². The van der Waals surface area contributed by atoms with Crippen molar-refractivity contribution in [2.45, 2.75) is 13.8 Å². The summed E-state index contributed by atoms with van der Waals surface area (Å²) in [4.78, 5) is 12.3. The van der Waals surface area contributed by atoms with Gasteiger partial charge in [-0.15, -0.1) is 0 Å². The average molecular weight is 424 g/mol. The van der Waals surface area contributed by atoms with Gasteiger partial charge < -0.3 is 4.74 Å². The average Bonchev–Trinajstić information content (AvgIpc) is 2.65. The number of hydrogen-bond donors (Lipinski definition) is 1. The van der Waals surface area contributed by atoms with Gasteiger partial charge in [-0.3, -0.25) is 9.10 Å². The maximum absolute atomic E-state index is 12.3. The van der Waals surface area contributed by atoms with Crippen LogP contribution >= 0.6 is 11.6 Å². The molecule has 0 unspecified atom stereocenters. The number of rotatable bonds is 8. The van der Waals surface area contributed by atoms with E-state index < -0.39 is 22.5 Å². The molecule has 28 heavy (non-hydrogen) atoms. The molecule has 0 atom stereocenters. The molecule has 0 fully saturated rings. The van der Waals surface area contributed by atoms with Gasteiger partial charge in [0.1, 0.15) is 12.3 Å². The summed E-state index contributed by atoms with van der Waals surface area (Å²) >= 11 is 6.08. The van der Waals surface area contributed by atoms with Crippen LogP contribution in [0.15, 0.2) is 53.6 Å². The normalized spacial score (nSPS) is 11.8. The van der Waals surface area contributed by atoms with Gasteiger partial charge in [-0.25, -0.2) is 13.8 Å². The number of sulfonamides is 1. The summed E-state index contributed by atoms with van der Waals surface area (Å²) in [6.45, 7) is 3.77. The Kier molecular flexibility index (Phi) is 7.42. The van der Waals surface area contributed by atoms with Crippen molar-refractivity contribution in [1.29, 1.82) is 0 Å². The number of hydrazone groups is 1. The van der Waals surface area contributed by atoms with E-state index >= 15 is 0 Å². The van der Waals surface area contributed by atoms with Gasteiger partial charge in [0, 0.05) is 0 Å². The van der Waals surface area contributed by atoms with E-state index in [2.05, 4.69) is 10.5 Å². The fourth-order valence-corrected chi connectivity index (χ4v) is 3.53. The van der Waals surface area contributed by atoms with Crippen molar-refractivity contribution in [1.82, 2.24) is 5.43 Å².